The third-order valence-corrected chi connectivity index (χ3v) is 1.69. The molecule has 3 heteroatoms. The molecule has 0 aromatic carbocycles. The Morgan fingerprint density at radius 2 is 2.00 bits per heavy atom. The van der Waals surface area contributed by atoms with E-state index in [0.717, 1.165) is 12.8 Å². The van der Waals surface area contributed by atoms with Gasteiger partial charge in [0.15, 0.2) is 5.78 Å². The first-order valence-corrected chi connectivity index (χ1v) is 4.98. The number of carbonyl (C=O) groups is 1. The maximum atomic E-state index is 11.4. The molecule has 0 radical (unpaired) electrons. The number of ether oxygens (including phenoxy) is 2. The molecule has 0 spiro atoms. The van der Waals surface area contributed by atoms with Crippen molar-refractivity contribution >= 4 is 5.78 Å². The molecule has 0 aliphatic carbocycles. The van der Waals surface area contributed by atoms with Crippen LogP contribution in [0.1, 0.15) is 33.6 Å². The first-order valence-electron chi connectivity index (χ1n) is 4.98. The standard InChI is InChI=1S/C10H20O3/c1-4-7-12-8-9(11)10(5-2)13-6-3/h10H,4-8H2,1-3H3. The molecule has 0 bridgehead atoms. The maximum absolute atomic E-state index is 11.4. The minimum Gasteiger partial charge on any atom is -0.374 e. The van der Waals surface area contributed by atoms with Gasteiger partial charge in [0, 0.05) is 13.2 Å². The molecule has 1 unspecified atom stereocenters. The summed E-state index contributed by atoms with van der Waals surface area (Å²) in [5.74, 6) is 0.0535. The van der Waals surface area contributed by atoms with Crippen LogP contribution in [-0.2, 0) is 14.3 Å². The highest BCUT2D eigenvalue weighted by atomic mass is 16.5. The molecule has 1 atom stereocenters. The predicted octanol–water partition coefficient (Wildman–Crippen LogP) is 1.80. The van der Waals surface area contributed by atoms with Gasteiger partial charge >= 0.3 is 0 Å². The molecule has 0 rings (SSSR count). The van der Waals surface area contributed by atoms with E-state index < -0.39 is 0 Å². The molecular formula is C10H20O3. The molecular weight excluding hydrogens is 168 g/mol. The van der Waals surface area contributed by atoms with E-state index in [1.165, 1.54) is 0 Å². The first-order chi connectivity index (χ1) is 6.26. The fraction of sp³-hybridized carbons (Fsp3) is 0.900. The molecule has 0 aliphatic rings. The number of rotatable bonds is 8. The SMILES string of the molecule is CCCOCC(=O)C(CC)OCC. The van der Waals surface area contributed by atoms with Crippen molar-refractivity contribution in [1.29, 1.82) is 0 Å². The van der Waals surface area contributed by atoms with Gasteiger partial charge in [0.25, 0.3) is 0 Å². The molecule has 0 fully saturated rings. The molecule has 0 saturated carbocycles. The number of Topliss-reactive ketones (excluding diaryl/α,β-unsaturated/α-hetero) is 1. The Hall–Kier alpha value is -0.410. The monoisotopic (exact) mass is 188 g/mol. The van der Waals surface area contributed by atoms with Crippen molar-refractivity contribution in [2.24, 2.45) is 0 Å². The summed E-state index contributed by atoms with van der Waals surface area (Å²) in [5, 5.41) is 0. The Morgan fingerprint density at radius 1 is 1.31 bits per heavy atom. The smallest absolute Gasteiger partial charge is 0.187 e. The minimum atomic E-state index is -0.276. The van der Waals surface area contributed by atoms with Crippen molar-refractivity contribution in [3.05, 3.63) is 0 Å². The number of hydrogen-bond acceptors (Lipinski definition) is 3. The van der Waals surface area contributed by atoms with Gasteiger partial charge in [-0.2, -0.15) is 0 Å². The van der Waals surface area contributed by atoms with Gasteiger partial charge in [0.05, 0.1) is 0 Å². The molecule has 78 valence electrons. The molecule has 0 amide bonds. The summed E-state index contributed by atoms with van der Waals surface area (Å²) < 4.78 is 10.4. The van der Waals surface area contributed by atoms with Crippen LogP contribution >= 0.6 is 0 Å². The third-order valence-electron chi connectivity index (χ3n) is 1.69. The molecule has 0 aliphatic heterocycles. The number of hydrogen-bond donors (Lipinski definition) is 0. The van der Waals surface area contributed by atoms with Crippen LogP contribution < -0.4 is 0 Å². The molecule has 0 N–H and O–H groups in total. The zero-order chi connectivity index (χ0) is 10.1. The fourth-order valence-corrected chi connectivity index (χ4v) is 1.05. The lowest BCUT2D eigenvalue weighted by atomic mass is 10.2. The Balaban J connectivity index is 3.64. The second-order valence-corrected chi connectivity index (χ2v) is 2.87. The molecule has 0 saturated heterocycles. The maximum Gasteiger partial charge on any atom is 0.187 e. The average molecular weight is 188 g/mol. The highest BCUT2D eigenvalue weighted by Crippen LogP contribution is 2.00. The lowest BCUT2D eigenvalue weighted by Crippen LogP contribution is -2.27. The summed E-state index contributed by atoms with van der Waals surface area (Å²) in [5.41, 5.74) is 0. The quantitative estimate of drug-likeness (QED) is 0.545. The van der Waals surface area contributed by atoms with Crippen molar-refractivity contribution in [1.82, 2.24) is 0 Å². The molecule has 13 heavy (non-hydrogen) atoms. The normalized spacial score (nSPS) is 12.8. The largest absolute Gasteiger partial charge is 0.374 e. The van der Waals surface area contributed by atoms with E-state index in [0.29, 0.717) is 13.2 Å². The van der Waals surface area contributed by atoms with Crippen LogP contribution in [0.15, 0.2) is 0 Å². The second kappa shape index (κ2) is 8.20. The van der Waals surface area contributed by atoms with E-state index in [-0.39, 0.29) is 18.5 Å². The lowest BCUT2D eigenvalue weighted by Gasteiger charge is -2.13. The predicted molar refractivity (Wildman–Crippen MR) is 51.8 cm³/mol. The number of carbonyl (C=O) groups excluding carboxylic acids is 1. The second-order valence-electron chi connectivity index (χ2n) is 2.87. The van der Waals surface area contributed by atoms with Crippen LogP contribution in [0.25, 0.3) is 0 Å². The Morgan fingerprint density at radius 3 is 2.46 bits per heavy atom. The van der Waals surface area contributed by atoms with Gasteiger partial charge in [-0.25, -0.2) is 0 Å². The summed E-state index contributed by atoms with van der Waals surface area (Å²) >= 11 is 0. The van der Waals surface area contributed by atoms with Gasteiger partial charge in [-0.1, -0.05) is 13.8 Å². The van der Waals surface area contributed by atoms with Gasteiger partial charge in [0.1, 0.15) is 12.7 Å². The van der Waals surface area contributed by atoms with Crippen LogP contribution in [0, 0.1) is 0 Å². The van der Waals surface area contributed by atoms with Crippen LogP contribution in [0.5, 0.6) is 0 Å². The zero-order valence-corrected chi connectivity index (χ0v) is 8.84. The Labute approximate surface area is 80.4 Å². The summed E-state index contributed by atoms with van der Waals surface area (Å²) in [6.07, 6.45) is 1.39. The van der Waals surface area contributed by atoms with E-state index in [4.69, 9.17) is 9.47 Å². The van der Waals surface area contributed by atoms with Gasteiger partial charge in [0.2, 0.25) is 0 Å². The van der Waals surface area contributed by atoms with Crippen LogP contribution in [0.3, 0.4) is 0 Å². The highest BCUT2D eigenvalue weighted by Gasteiger charge is 2.15. The molecule has 0 heterocycles. The first kappa shape index (κ1) is 12.6. The van der Waals surface area contributed by atoms with E-state index in [1.54, 1.807) is 0 Å². The molecule has 0 aromatic rings. The van der Waals surface area contributed by atoms with Crippen LogP contribution in [0.4, 0.5) is 0 Å². The summed E-state index contributed by atoms with van der Waals surface area (Å²) in [6.45, 7) is 7.27. The van der Waals surface area contributed by atoms with Crippen molar-refractivity contribution in [2.45, 2.75) is 39.7 Å². The van der Waals surface area contributed by atoms with Crippen molar-refractivity contribution < 1.29 is 14.3 Å². The Bertz CT molecular complexity index is 134. The topological polar surface area (TPSA) is 35.5 Å². The van der Waals surface area contributed by atoms with E-state index >= 15 is 0 Å². The van der Waals surface area contributed by atoms with Gasteiger partial charge in [-0.3, -0.25) is 4.79 Å². The van der Waals surface area contributed by atoms with E-state index in [2.05, 4.69) is 0 Å². The Kier molecular flexibility index (Phi) is 7.94. The summed E-state index contributed by atoms with van der Waals surface area (Å²) in [4.78, 5) is 11.4. The molecule has 3 nitrogen and oxygen atoms in total. The van der Waals surface area contributed by atoms with E-state index in [1.807, 2.05) is 20.8 Å². The average Bonchev–Trinajstić information content (AvgIpc) is 2.14. The number of ketones is 1. The summed E-state index contributed by atoms with van der Waals surface area (Å²) in [7, 11) is 0. The zero-order valence-electron chi connectivity index (χ0n) is 8.84. The van der Waals surface area contributed by atoms with Gasteiger partial charge in [-0.05, 0) is 19.8 Å². The lowest BCUT2D eigenvalue weighted by molar-refractivity contribution is -0.135. The van der Waals surface area contributed by atoms with Crippen molar-refractivity contribution in [3.63, 3.8) is 0 Å². The van der Waals surface area contributed by atoms with Gasteiger partial charge < -0.3 is 9.47 Å². The van der Waals surface area contributed by atoms with Crippen LogP contribution in [-0.4, -0.2) is 31.7 Å². The van der Waals surface area contributed by atoms with Crippen LogP contribution in [0.2, 0.25) is 0 Å². The van der Waals surface area contributed by atoms with Crippen molar-refractivity contribution in [2.75, 3.05) is 19.8 Å². The van der Waals surface area contributed by atoms with Crippen molar-refractivity contribution in [3.8, 4) is 0 Å². The summed E-state index contributed by atoms with van der Waals surface area (Å²) in [6, 6.07) is 0. The van der Waals surface area contributed by atoms with Gasteiger partial charge in [-0.15, -0.1) is 0 Å². The third kappa shape index (κ3) is 5.77. The highest BCUT2D eigenvalue weighted by molar-refractivity contribution is 5.84. The molecule has 0 aromatic heterocycles. The van der Waals surface area contributed by atoms with E-state index in [9.17, 15) is 4.79 Å². The fourth-order valence-electron chi connectivity index (χ4n) is 1.05. The minimum absolute atomic E-state index is 0.0535.